The number of rotatable bonds is 5. The molecule has 126 valence electrons. The lowest BCUT2D eigenvalue weighted by Crippen LogP contribution is -2.59. The Morgan fingerprint density at radius 2 is 2.04 bits per heavy atom. The van der Waals surface area contributed by atoms with Crippen LogP contribution in [0.1, 0.15) is 37.9 Å². The molecule has 0 unspecified atom stereocenters. The fourth-order valence-corrected chi connectivity index (χ4v) is 3.71. The van der Waals surface area contributed by atoms with Crippen molar-refractivity contribution in [3.63, 3.8) is 0 Å². The van der Waals surface area contributed by atoms with Gasteiger partial charge in [-0.25, -0.2) is 0 Å². The third-order valence-electron chi connectivity index (χ3n) is 5.00. The predicted molar refractivity (Wildman–Crippen MR) is 89.0 cm³/mol. The van der Waals surface area contributed by atoms with E-state index in [0.717, 1.165) is 39.1 Å². The number of nitrogens with one attached hydrogen (secondary N) is 1. The quantitative estimate of drug-likeness (QED) is 0.847. The van der Waals surface area contributed by atoms with Crippen LogP contribution in [0, 0.1) is 0 Å². The van der Waals surface area contributed by atoms with E-state index in [9.17, 15) is 4.79 Å². The van der Waals surface area contributed by atoms with Gasteiger partial charge in [0.25, 0.3) is 0 Å². The van der Waals surface area contributed by atoms with Crippen LogP contribution in [0.3, 0.4) is 0 Å². The van der Waals surface area contributed by atoms with E-state index in [1.54, 1.807) is 18.4 Å². The van der Waals surface area contributed by atoms with Crippen LogP contribution in [0.5, 0.6) is 0 Å². The third kappa shape index (κ3) is 4.24. The van der Waals surface area contributed by atoms with Gasteiger partial charge >= 0.3 is 0 Å². The van der Waals surface area contributed by atoms with Crippen LogP contribution in [-0.2, 0) is 9.53 Å². The number of amides is 1. The van der Waals surface area contributed by atoms with Crippen molar-refractivity contribution in [2.45, 2.75) is 37.6 Å². The highest BCUT2D eigenvalue weighted by Crippen LogP contribution is 2.33. The average molecular weight is 318 g/mol. The smallest absolute Gasteiger partial charge is 0.244 e. The van der Waals surface area contributed by atoms with Crippen molar-refractivity contribution in [3.05, 3.63) is 30.2 Å². The molecule has 1 aromatic rings. The zero-order chi connectivity index (χ0) is 16.0. The minimum absolute atomic E-state index is 0.0559. The van der Waals surface area contributed by atoms with Crippen molar-refractivity contribution in [2.24, 2.45) is 0 Å². The molecule has 5 heteroatoms. The number of morpholine rings is 1. The number of carbonyl (C=O) groups is 1. The van der Waals surface area contributed by atoms with E-state index in [1.807, 2.05) is 12.1 Å². The lowest BCUT2D eigenvalue weighted by molar-refractivity contribution is -0.117. The Morgan fingerprint density at radius 3 is 2.74 bits per heavy atom. The molecule has 0 spiro atoms. The second kappa shape index (κ2) is 7.79. The SMILES string of the molecule is O=C(/C=C/c1ccco1)NCC1(N2CCOCC2)CCCCC1. The van der Waals surface area contributed by atoms with Gasteiger partial charge in [0, 0.05) is 31.2 Å². The Morgan fingerprint density at radius 1 is 1.26 bits per heavy atom. The summed E-state index contributed by atoms with van der Waals surface area (Å²) >= 11 is 0. The van der Waals surface area contributed by atoms with Gasteiger partial charge < -0.3 is 14.5 Å². The molecule has 1 aromatic heterocycles. The maximum absolute atomic E-state index is 12.1. The maximum Gasteiger partial charge on any atom is 0.244 e. The van der Waals surface area contributed by atoms with Crippen LogP contribution in [0.25, 0.3) is 6.08 Å². The molecule has 1 aliphatic heterocycles. The molecule has 1 saturated carbocycles. The average Bonchev–Trinajstić information content (AvgIpc) is 3.13. The largest absolute Gasteiger partial charge is 0.465 e. The van der Waals surface area contributed by atoms with Crippen LogP contribution in [0.4, 0.5) is 0 Å². The maximum atomic E-state index is 12.1. The second-order valence-corrected chi connectivity index (χ2v) is 6.45. The van der Waals surface area contributed by atoms with Crippen LogP contribution in [0.15, 0.2) is 28.9 Å². The Balaban J connectivity index is 1.58. The van der Waals surface area contributed by atoms with Crippen molar-refractivity contribution >= 4 is 12.0 Å². The van der Waals surface area contributed by atoms with E-state index in [-0.39, 0.29) is 11.4 Å². The number of ether oxygens (including phenoxy) is 1. The van der Waals surface area contributed by atoms with Crippen molar-refractivity contribution in [1.82, 2.24) is 10.2 Å². The molecule has 0 aromatic carbocycles. The highest BCUT2D eigenvalue weighted by atomic mass is 16.5. The molecule has 2 heterocycles. The zero-order valence-corrected chi connectivity index (χ0v) is 13.6. The Bertz CT molecular complexity index is 512. The molecule has 0 atom stereocenters. The number of carbonyl (C=O) groups excluding carboxylic acids is 1. The highest BCUT2D eigenvalue weighted by molar-refractivity contribution is 5.91. The topological polar surface area (TPSA) is 54.7 Å². The Kier molecular flexibility index (Phi) is 5.51. The van der Waals surface area contributed by atoms with Gasteiger partial charge in [-0.15, -0.1) is 0 Å². The number of hydrogen-bond donors (Lipinski definition) is 1. The van der Waals surface area contributed by atoms with E-state index in [2.05, 4.69) is 10.2 Å². The van der Waals surface area contributed by atoms with E-state index in [0.29, 0.717) is 12.3 Å². The van der Waals surface area contributed by atoms with Gasteiger partial charge in [0.05, 0.1) is 19.5 Å². The van der Waals surface area contributed by atoms with Gasteiger partial charge in [-0.3, -0.25) is 9.69 Å². The molecule has 23 heavy (non-hydrogen) atoms. The number of furan rings is 1. The molecule has 1 saturated heterocycles. The normalized spacial score (nSPS) is 22.3. The highest BCUT2D eigenvalue weighted by Gasteiger charge is 2.38. The van der Waals surface area contributed by atoms with Gasteiger partial charge in [0.1, 0.15) is 5.76 Å². The number of nitrogens with zero attached hydrogens (tertiary/aromatic N) is 1. The van der Waals surface area contributed by atoms with Crippen molar-refractivity contribution in [2.75, 3.05) is 32.8 Å². The van der Waals surface area contributed by atoms with Crippen molar-refractivity contribution in [3.8, 4) is 0 Å². The lowest BCUT2D eigenvalue weighted by atomic mass is 9.79. The fraction of sp³-hybridized carbons (Fsp3) is 0.611. The molecule has 0 radical (unpaired) electrons. The summed E-state index contributed by atoms with van der Waals surface area (Å²) in [5.74, 6) is 0.639. The molecule has 1 aliphatic carbocycles. The first-order valence-electron chi connectivity index (χ1n) is 8.61. The molecule has 1 N–H and O–H groups in total. The monoisotopic (exact) mass is 318 g/mol. The van der Waals surface area contributed by atoms with E-state index in [4.69, 9.17) is 9.15 Å². The molecule has 0 bridgehead atoms. The van der Waals surface area contributed by atoms with E-state index >= 15 is 0 Å². The standard InChI is InChI=1S/C18H26N2O3/c21-17(7-6-16-5-4-12-23-16)19-15-18(8-2-1-3-9-18)20-10-13-22-14-11-20/h4-7,12H,1-3,8-11,13-15H2,(H,19,21)/b7-6+. The van der Waals surface area contributed by atoms with Crippen LogP contribution >= 0.6 is 0 Å². The summed E-state index contributed by atoms with van der Waals surface area (Å²) < 4.78 is 10.7. The first-order chi connectivity index (χ1) is 11.3. The molecular formula is C18H26N2O3. The lowest BCUT2D eigenvalue weighted by Gasteiger charge is -2.48. The summed E-state index contributed by atoms with van der Waals surface area (Å²) in [6.07, 6.45) is 11.0. The van der Waals surface area contributed by atoms with Gasteiger partial charge in [-0.05, 0) is 31.1 Å². The first-order valence-corrected chi connectivity index (χ1v) is 8.61. The summed E-state index contributed by atoms with van der Waals surface area (Å²) in [5.41, 5.74) is 0.107. The molecular weight excluding hydrogens is 292 g/mol. The summed E-state index contributed by atoms with van der Waals surface area (Å²) in [5, 5.41) is 3.10. The van der Waals surface area contributed by atoms with Gasteiger partial charge in [0.2, 0.25) is 5.91 Å². The van der Waals surface area contributed by atoms with Crippen LogP contribution in [-0.4, -0.2) is 49.2 Å². The van der Waals surface area contributed by atoms with Gasteiger partial charge in [0.15, 0.2) is 0 Å². The Hall–Kier alpha value is -1.59. The van der Waals surface area contributed by atoms with E-state index < -0.39 is 0 Å². The minimum Gasteiger partial charge on any atom is -0.465 e. The van der Waals surface area contributed by atoms with Crippen LogP contribution in [0.2, 0.25) is 0 Å². The molecule has 2 fully saturated rings. The summed E-state index contributed by atoms with van der Waals surface area (Å²) in [4.78, 5) is 14.7. The second-order valence-electron chi connectivity index (χ2n) is 6.45. The third-order valence-corrected chi connectivity index (χ3v) is 5.00. The van der Waals surface area contributed by atoms with Crippen LogP contribution < -0.4 is 5.32 Å². The fourth-order valence-electron chi connectivity index (χ4n) is 3.71. The predicted octanol–water partition coefficient (Wildman–Crippen LogP) is 2.44. The van der Waals surface area contributed by atoms with Crippen molar-refractivity contribution < 1.29 is 13.9 Å². The Labute approximate surface area is 137 Å². The van der Waals surface area contributed by atoms with Gasteiger partial charge in [-0.1, -0.05) is 19.3 Å². The summed E-state index contributed by atoms with van der Waals surface area (Å²) in [6.45, 7) is 4.26. The zero-order valence-electron chi connectivity index (χ0n) is 13.6. The number of hydrogen-bond acceptors (Lipinski definition) is 4. The first kappa shape index (κ1) is 16.3. The van der Waals surface area contributed by atoms with E-state index in [1.165, 1.54) is 19.3 Å². The van der Waals surface area contributed by atoms with Gasteiger partial charge in [-0.2, -0.15) is 0 Å². The molecule has 3 rings (SSSR count). The minimum atomic E-state index is -0.0559. The summed E-state index contributed by atoms with van der Waals surface area (Å²) in [6, 6.07) is 3.65. The molecule has 1 amide bonds. The van der Waals surface area contributed by atoms with Crippen molar-refractivity contribution in [1.29, 1.82) is 0 Å². The molecule has 2 aliphatic rings. The summed E-state index contributed by atoms with van der Waals surface area (Å²) in [7, 11) is 0. The molecule has 5 nitrogen and oxygen atoms in total.